The van der Waals surface area contributed by atoms with Crippen LogP contribution < -0.4 is 26.4 Å². The molecule has 1 saturated carbocycles. The smallest absolute Gasteiger partial charge is 0.310 e. The number of ether oxygens (including phenoxy) is 2. The molecule has 9 nitrogen and oxygen atoms in total. The van der Waals surface area contributed by atoms with E-state index in [1.807, 2.05) is 0 Å². The molecule has 1 saturated heterocycles. The molecule has 2 unspecified atom stereocenters. The van der Waals surface area contributed by atoms with E-state index in [-0.39, 0.29) is 17.8 Å². The lowest BCUT2D eigenvalue weighted by atomic mass is 10.2. The molecule has 10 heteroatoms. The van der Waals surface area contributed by atoms with Crippen LogP contribution in [0.2, 0.25) is 0 Å². The molecule has 1 aromatic rings. The number of nitrogens with two attached hydrogens (primary N) is 2. The van der Waals surface area contributed by atoms with Gasteiger partial charge in [-0.05, 0) is 50.9 Å². The van der Waals surface area contributed by atoms with Gasteiger partial charge in [0, 0.05) is 18.7 Å². The first-order valence-electron chi connectivity index (χ1n) is 10.5. The second kappa shape index (κ2) is 8.37. The Bertz CT molecular complexity index is 844. The summed E-state index contributed by atoms with van der Waals surface area (Å²) in [5.74, 6) is -1.59. The normalized spacial score (nSPS) is 27.1. The van der Waals surface area contributed by atoms with Crippen molar-refractivity contribution in [3.63, 3.8) is 0 Å². The SMILES string of the molecule is CCN1CCCC1CNC1=NC(N)=NC(N)(OC2CC2)N1c1ccc(OC)c(F)c1. The predicted octanol–water partition coefficient (Wildman–Crippen LogP) is 1.15. The number of methoxy groups -OCH3 is 1. The lowest BCUT2D eigenvalue weighted by Crippen LogP contribution is -2.66. The summed E-state index contributed by atoms with van der Waals surface area (Å²) < 4.78 is 25.6. The molecule has 2 aliphatic heterocycles. The van der Waals surface area contributed by atoms with Gasteiger partial charge in [0.05, 0.1) is 18.9 Å². The highest BCUT2D eigenvalue weighted by Gasteiger charge is 2.45. The third kappa shape index (κ3) is 4.21. The highest BCUT2D eigenvalue weighted by Crippen LogP contribution is 2.34. The third-order valence-corrected chi connectivity index (χ3v) is 5.69. The summed E-state index contributed by atoms with van der Waals surface area (Å²) in [4.78, 5) is 12.6. The van der Waals surface area contributed by atoms with Gasteiger partial charge in [-0.25, -0.2) is 9.29 Å². The molecule has 1 aromatic carbocycles. The van der Waals surface area contributed by atoms with Gasteiger partial charge in [0.2, 0.25) is 11.9 Å². The Morgan fingerprint density at radius 3 is 2.80 bits per heavy atom. The number of nitrogens with one attached hydrogen (secondary N) is 1. The standard InChI is InChI=1S/C20H30FN7O2/c1-3-27-10-4-5-14(27)12-24-19-25-18(22)26-20(23,30-15-7-8-15)28(19)13-6-9-17(29-2)16(21)11-13/h6,9,11,14-15H,3-5,7-8,10,12,23H2,1-2H3,(H3,22,24,25,26). The van der Waals surface area contributed by atoms with Crippen molar-refractivity contribution in [3.05, 3.63) is 24.0 Å². The lowest BCUT2D eigenvalue weighted by Gasteiger charge is -2.41. The van der Waals surface area contributed by atoms with Gasteiger partial charge in [0.1, 0.15) is 0 Å². The van der Waals surface area contributed by atoms with Crippen LogP contribution in [0, 0.1) is 5.82 Å². The Hall–Kier alpha value is -2.43. The zero-order chi connectivity index (χ0) is 21.3. The van der Waals surface area contributed by atoms with Crippen molar-refractivity contribution in [2.45, 2.75) is 50.7 Å². The van der Waals surface area contributed by atoms with E-state index in [0.717, 1.165) is 38.8 Å². The van der Waals surface area contributed by atoms with Crippen LogP contribution in [0.4, 0.5) is 10.1 Å². The van der Waals surface area contributed by atoms with E-state index in [1.54, 1.807) is 11.0 Å². The summed E-state index contributed by atoms with van der Waals surface area (Å²) in [6, 6.07) is 4.95. The van der Waals surface area contributed by atoms with Crippen LogP contribution in [0.1, 0.15) is 32.6 Å². The van der Waals surface area contributed by atoms with E-state index < -0.39 is 11.8 Å². The Morgan fingerprint density at radius 2 is 2.13 bits per heavy atom. The van der Waals surface area contributed by atoms with Crippen LogP contribution in [-0.4, -0.2) is 61.7 Å². The number of nitrogens with zero attached hydrogens (tertiary/aromatic N) is 4. The molecule has 5 N–H and O–H groups in total. The summed E-state index contributed by atoms with van der Waals surface area (Å²) in [5, 5.41) is 3.36. The van der Waals surface area contributed by atoms with Gasteiger partial charge in [0.25, 0.3) is 0 Å². The lowest BCUT2D eigenvalue weighted by molar-refractivity contribution is -0.0403. The number of guanidine groups is 2. The average molecular weight is 420 g/mol. The molecule has 0 bridgehead atoms. The molecule has 1 aliphatic carbocycles. The van der Waals surface area contributed by atoms with E-state index >= 15 is 0 Å². The fourth-order valence-corrected chi connectivity index (χ4v) is 4.03. The first-order valence-corrected chi connectivity index (χ1v) is 10.5. The van der Waals surface area contributed by atoms with E-state index in [0.29, 0.717) is 24.2 Å². The minimum Gasteiger partial charge on any atom is -0.494 e. The number of hydrogen-bond acceptors (Lipinski definition) is 9. The van der Waals surface area contributed by atoms with Gasteiger partial charge < -0.3 is 20.5 Å². The van der Waals surface area contributed by atoms with Gasteiger partial charge in [-0.1, -0.05) is 6.92 Å². The first kappa shape index (κ1) is 20.8. The topological polar surface area (TPSA) is 114 Å². The summed E-state index contributed by atoms with van der Waals surface area (Å²) in [7, 11) is 1.42. The summed E-state index contributed by atoms with van der Waals surface area (Å²) in [6.07, 6.45) is 4.04. The minimum atomic E-state index is -1.61. The summed E-state index contributed by atoms with van der Waals surface area (Å²) in [6.45, 7) is 4.88. The second-order valence-corrected chi connectivity index (χ2v) is 7.84. The Labute approximate surface area is 175 Å². The van der Waals surface area contributed by atoms with Crippen molar-refractivity contribution in [3.8, 4) is 5.75 Å². The van der Waals surface area contributed by atoms with Gasteiger partial charge in [0.15, 0.2) is 11.6 Å². The minimum absolute atomic E-state index is 0.0121. The van der Waals surface area contributed by atoms with Gasteiger partial charge in [-0.15, -0.1) is 0 Å². The van der Waals surface area contributed by atoms with Crippen LogP contribution in [0.25, 0.3) is 0 Å². The molecular formula is C20H30FN7O2. The van der Waals surface area contributed by atoms with Gasteiger partial charge >= 0.3 is 5.97 Å². The number of likely N-dealkylation sites (N-methyl/N-ethyl adjacent to an activating group) is 1. The summed E-state index contributed by atoms with van der Waals surface area (Å²) >= 11 is 0. The number of benzene rings is 1. The molecular weight excluding hydrogens is 389 g/mol. The Kier molecular flexibility index (Phi) is 5.81. The monoisotopic (exact) mass is 419 g/mol. The van der Waals surface area contributed by atoms with Crippen LogP contribution in [0.15, 0.2) is 28.2 Å². The maximum absolute atomic E-state index is 14.5. The second-order valence-electron chi connectivity index (χ2n) is 7.84. The first-order chi connectivity index (χ1) is 14.4. The molecule has 30 heavy (non-hydrogen) atoms. The number of rotatable bonds is 7. The molecule has 2 atom stereocenters. The molecule has 0 radical (unpaired) electrons. The zero-order valence-electron chi connectivity index (χ0n) is 17.5. The highest BCUT2D eigenvalue weighted by atomic mass is 19.1. The number of halogens is 1. The van der Waals surface area contributed by atoms with Crippen molar-refractivity contribution in [1.29, 1.82) is 0 Å². The highest BCUT2D eigenvalue weighted by molar-refractivity contribution is 6.06. The van der Waals surface area contributed by atoms with Crippen LogP contribution >= 0.6 is 0 Å². The van der Waals surface area contributed by atoms with Crippen molar-refractivity contribution < 1.29 is 13.9 Å². The fourth-order valence-electron chi connectivity index (χ4n) is 4.03. The molecule has 0 aromatic heterocycles. The fraction of sp³-hybridized carbons (Fsp3) is 0.600. The van der Waals surface area contributed by atoms with Crippen LogP contribution in [0.5, 0.6) is 5.75 Å². The van der Waals surface area contributed by atoms with Crippen molar-refractivity contribution in [2.24, 2.45) is 21.5 Å². The Morgan fingerprint density at radius 1 is 1.33 bits per heavy atom. The average Bonchev–Trinajstić information content (AvgIpc) is 3.38. The number of hydrogen-bond donors (Lipinski definition) is 3. The van der Waals surface area contributed by atoms with Crippen LogP contribution in [0.3, 0.4) is 0 Å². The molecule has 2 fully saturated rings. The van der Waals surface area contributed by atoms with Gasteiger partial charge in [-0.3, -0.25) is 10.6 Å². The maximum atomic E-state index is 14.5. The van der Waals surface area contributed by atoms with E-state index in [4.69, 9.17) is 20.9 Å². The van der Waals surface area contributed by atoms with Crippen molar-refractivity contribution >= 4 is 17.6 Å². The molecule has 4 rings (SSSR count). The number of anilines is 1. The van der Waals surface area contributed by atoms with Gasteiger partial charge in [-0.2, -0.15) is 9.98 Å². The molecule has 0 amide bonds. The predicted molar refractivity (Wildman–Crippen MR) is 114 cm³/mol. The number of likely N-dealkylation sites (tertiary alicyclic amines) is 1. The number of aliphatic imine (C=N–C) groups is 2. The van der Waals surface area contributed by atoms with Crippen molar-refractivity contribution in [1.82, 2.24) is 10.2 Å². The van der Waals surface area contributed by atoms with E-state index in [2.05, 4.69) is 27.1 Å². The van der Waals surface area contributed by atoms with E-state index in [9.17, 15) is 4.39 Å². The summed E-state index contributed by atoms with van der Waals surface area (Å²) in [5.41, 5.74) is 13.0. The van der Waals surface area contributed by atoms with Crippen LogP contribution in [-0.2, 0) is 4.74 Å². The van der Waals surface area contributed by atoms with E-state index in [1.165, 1.54) is 19.2 Å². The Balaban J connectivity index is 1.64. The quantitative estimate of drug-likeness (QED) is 0.568. The third-order valence-electron chi connectivity index (χ3n) is 5.69. The van der Waals surface area contributed by atoms with Crippen molar-refractivity contribution in [2.75, 3.05) is 31.6 Å². The zero-order valence-corrected chi connectivity index (χ0v) is 17.5. The molecule has 2 heterocycles. The molecule has 3 aliphatic rings. The molecule has 0 spiro atoms. The maximum Gasteiger partial charge on any atom is 0.310 e. The molecule has 164 valence electrons. The largest absolute Gasteiger partial charge is 0.494 e.